The maximum absolute atomic E-state index is 2.52. The number of hydrogen-bond donors (Lipinski definition) is 0. The molecule has 66 valence electrons. The second-order valence-corrected chi connectivity index (χ2v) is 5.80. The van der Waals surface area contributed by atoms with Crippen molar-refractivity contribution in [3.63, 3.8) is 0 Å². The molecule has 1 aromatic carbocycles. The van der Waals surface area contributed by atoms with Crippen molar-refractivity contribution in [2.45, 2.75) is 30.6 Å². The van der Waals surface area contributed by atoms with Crippen molar-refractivity contribution >= 4 is 22.6 Å². The Labute approximate surface area is 88.5 Å². The molecule has 1 atom stereocenters. The Morgan fingerprint density at radius 1 is 1.25 bits per heavy atom. The zero-order valence-electron chi connectivity index (χ0n) is 7.89. The van der Waals surface area contributed by atoms with Gasteiger partial charge >= 0.3 is 0 Å². The van der Waals surface area contributed by atoms with Crippen LogP contribution in [0.25, 0.3) is 0 Å². The number of halogens is 1. The number of aryl methyl sites for hydroxylation is 1. The lowest BCUT2D eigenvalue weighted by Gasteiger charge is -2.20. The van der Waals surface area contributed by atoms with E-state index in [-0.39, 0.29) is 0 Å². The highest BCUT2D eigenvalue weighted by Crippen LogP contribution is 2.34. The summed E-state index contributed by atoms with van der Waals surface area (Å²) in [6, 6.07) is 8.82. The highest BCUT2D eigenvalue weighted by atomic mass is 127. The molecule has 1 unspecified atom stereocenters. The molecule has 0 spiro atoms. The van der Waals surface area contributed by atoms with Gasteiger partial charge < -0.3 is 0 Å². The SMILES string of the molecule is CCC(C)(I)c1ccc(C)cc1. The lowest BCUT2D eigenvalue weighted by atomic mass is 9.98. The van der Waals surface area contributed by atoms with Gasteiger partial charge in [-0.2, -0.15) is 0 Å². The van der Waals surface area contributed by atoms with Crippen LogP contribution in [-0.4, -0.2) is 0 Å². The lowest BCUT2D eigenvalue weighted by molar-refractivity contribution is 0.700. The highest BCUT2D eigenvalue weighted by molar-refractivity contribution is 14.1. The number of benzene rings is 1. The first-order valence-corrected chi connectivity index (χ1v) is 5.40. The zero-order chi connectivity index (χ0) is 9.19. The summed E-state index contributed by atoms with van der Waals surface area (Å²) in [7, 11) is 0. The third-order valence-electron chi connectivity index (χ3n) is 2.32. The molecule has 0 aromatic heterocycles. The summed E-state index contributed by atoms with van der Waals surface area (Å²) in [5.41, 5.74) is 2.76. The number of hydrogen-bond acceptors (Lipinski definition) is 0. The topological polar surface area (TPSA) is 0 Å². The van der Waals surface area contributed by atoms with Crippen LogP contribution >= 0.6 is 22.6 Å². The smallest absolute Gasteiger partial charge is 0.0439 e. The van der Waals surface area contributed by atoms with Crippen LogP contribution in [0.15, 0.2) is 24.3 Å². The van der Waals surface area contributed by atoms with Crippen molar-refractivity contribution in [2.75, 3.05) is 0 Å². The van der Waals surface area contributed by atoms with Crippen LogP contribution < -0.4 is 0 Å². The fraction of sp³-hybridized carbons (Fsp3) is 0.455. The Balaban J connectivity index is 2.96. The second kappa shape index (κ2) is 3.77. The van der Waals surface area contributed by atoms with Crippen molar-refractivity contribution < 1.29 is 0 Å². The van der Waals surface area contributed by atoms with Crippen molar-refractivity contribution in [3.8, 4) is 0 Å². The maximum atomic E-state index is 2.52. The van der Waals surface area contributed by atoms with Crippen LogP contribution in [0.5, 0.6) is 0 Å². The fourth-order valence-electron chi connectivity index (χ4n) is 1.11. The van der Waals surface area contributed by atoms with Gasteiger partial charge in [0.05, 0.1) is 0 Å². The average molecular weight is 274 g/mol. The van der Waals surface area contributed by atoms with Gasteiger partial charge in [-0.15, -0.1) is 0 Å². The molecular weight excluding hydrogens is 259 g/mol. The highest BCUT2D eigenvalue weighted by Gasteiger charge is 2.19. The van der Waals surface area contributed by atoms with Crippen molar-refractivity contribution in [1.29, 1.82) is 0 Å². The monoisotopic (exact) mass is 274 g/mol. The normalized spacial score (nSPS) is 15.7. The Morgan fingerprint density at radius 2 is 1.75 bits per heavy atom. The van der Waals surface area contributed by atoms with Crippen LogP contribution in [-0.2, 0) is 3.42 Å². The van der Waals surface area contributed by atoms with E-state index in [4.69, 9.17) is 0 Å². The molecule has 0 nitrogen and oxygen atoms in total. The Bertz CT molecular complexity index is 246. The molecule has 0 fully saturated rings. The lowest BCUT2D eigenvalue weighted by Crippen LogP contribution is -2.10. The molecule has 0 aliphatic rings. The molecule has 0 N–H and O–H groups in total. The molecule has 0 heterocycles. The molecule has 0 radical (unpaired) electrons. The van der Waals surface area contributed by atoms with E-state index in [0.29, 0.717) is 3.42 Å². The maximum Gasteiger partial charge on any atom is 0.0439 e. The summed E-state index contributed by atoms with van der Waals surface area (Å²) in [6.45, 7) is 6.63. The van der Waals surface area contributed by atoms with Gasteiger partial charge in [-0.1, -0.05) is 59.3 Å². The molecule has 0 saturated heterocycles. The van der Waals surface area contributed by atoms with Crippen molar-refractivity contribution in [1.82, 2.24) is 0 Å². The standard InChI is InChI=1S/C11H15I/c1-4-11(3,12)10-7-5-9(2)6-8-10/h5-8H,4H2,1-3H3. The zero-order valence-corrected chi connectivity index (χ0v) is 10.1. The second-order valence-electron chi connectivity index (χ2n) is 3.42. The predicted octanol–water partition coefficient (Wildman–Crippen LogP) is 4.06. The molecular formula is C11H15I. The van der Waals surface area contributed by atoms with Crippen LogP contribution in [0.2, 0.25) is 0 Å². The summed E-state index contributed by atoms with van der Waals surface area (Å²) in [6.07, 6.45) is 1.18. The van der Waals surface area contributed by atoms with E-state index in [1.54, 1.807) is 0 Å². The van der Waals surface area contributed by atoms with Crippen LogP contribution in [0.1, 0.15) is 31.4 Å². The van der Waals surface area contributed by atoms with Crippen LogP contribution in [0, 0.1) is 6.92 Å². The van der Waals surface area contributed by atoms with Gasteiger partial charge in [0.1, 0.15) is 0 Å². The Hall–Kier alpha value is -0.0500. The van der Waals surface area contributed by atoms with E-state index in [1.165, 1.54) is 17.5 Å². The minimum absolute atomic E-state index is 0.297. The molecule has 1 aromatic rings. The summed E-state index contributed by atoms with van der Waals surface area (Å²) in [5.74, 6) is 0. The van der Waals surface area contributed by atoms with Gasteiger partial charge in [0.25, 0.3) is 0 Å². The minimum Gasteiger partial charge on any atom is -0.0740 e. The van der Waals surface area contributed by atoms with Gasteiger partial charge in [0, 0.05) is 3.42 Å². The van der Waals surface area contributed by atoms with Gasteiger partial charge in [-0.3, -0.25) is 0 Å². The first kappa shape index (κ1) is 10.0. The van der Waals surface area contributed by atoms with Crippen LogP contribution in [0.4, 0.5) is 0 Å². The van der Waals surface area contributed by atoms with Crippen LogP contribution in [0.3, 0.4) is 0 Å². The van der Waals surface area contributed by atoms with E-state index < -0.39 is 0 Å². The molecule has 12 heavy (non-hydrogen) atoms. The van der Waals surface area contributed by atoms with E-state index in [0.717, 1.165) is 0 Å². The molecule has 0 saturated carbocycles. The quantitative estimate of drug-likeness (QED) is 0.563. The molecule has 1 rings (SSSR count). The molecule has 0 aliphatic carbocycles. The van der Waals surface area contributed by atoms with Crippen molar-refractivity contribution in [2.24, 2.45) is 0 Å². The van der Waals surface area contributed by atoms with E-state index in [9.17, 15) is 0 Å². The minimum atomic E-state index is 0.297. The fourth-order valence-corrected chi connectivity index (χ4v) is 1.46. The third kappa shape index (κ3) is 2.22. The van der Waals surface area contributed by atoms with Gasteiger partial charge in [0.2, 0.25) is 0 Å². The van der Waals surface area contributed by atoms with Gasteiger partial charge in [-0.25, -0.2) is 0 Å². The average Bonchev–Trinajstić information content (AvgIpc) is 2.05. The molecule has 0 bridgehead atoms. The molecule has 0 aliphatic heterocycles. The summed E-state index contributed by atoms with van der Waals surface area (Å²) in [5, 5.41) is 0. The van der Waals surface area contributed by atoms with E-state index >= 15 is 0 Å². The largest absolute Gasteiger partial charge is 0.0740 e. The van der Waals surface area contributed by atoms with Gasteiger partial charge in [-0.05, 0) is 25.8 Å². The van der Waals surface area contributed by atoms with E-state index in [1.807, 2.05) is 0 Å². The third-order valence-corrected chi connectivity index (χ3v) is 3.70. The number of alkyl halides is 1. The van der Waals surface area contributed by atoms with Gasteiger partial charge in [0.15, 0.2) is 0 Å². The summed E-state index contributed by atoms with van der Waals surface area (Å²) >= 11 is 2.52. The Kier molecular flexibility index (Phi) is 3.16. The summed E-state index contributed by atoms with van der Waals surface area (Å²) in [4.78, 5) is 0. The first-order chi connectivity index (χ1) is 5.56. The van der Waals surface area contributed by atoms with E-state index in [2.05, 4.69) is 67.6 Å². The molecule has 0 amide bonds. The number of rotatable bonds is 2. The molecule has 1 heteroatoms. The first-order valence-electron chi connectivity index (χ1n) is 4.32. The Morgan fingerprint density at radius 3 is 2.17 bits per heavy atom. The van der Waals surface area contributed by atoms with Crippen molar-refractivity contribution in [3.05, 3.63) is 35.4 Å². The summed E-state index contributed by atoms with van der Waals surface area (Å²) < 4.78 is 0.297. The predicted molar refractivity (Wildman–Crippen MR) is 62.8 cm³/mol.